The average Bonchev–Trinajstić information content (AvgIpc) is 3.01. The summed E-state index contributed by atoms with van der Waals surface area (Å²) in [5.41, 5.74) is 7.53. The molecule has 2 rings (SSSR count). The highest BCUT2D eigenvalue weighted by Crippen LogP contribution is 2.43. The Hall–Kier alpha value is -0.990. The van der Waals surface area contributed by atoms with Crippen molar-refractivity contribution < 1.29 is 0 Å². The van der Waals surface area contributed by atoms with E-state index in [0.717, 1.165) is 17.9 Å². The number of hydrogen-bond donors (Lipinski definition) is 1. The summed E-state index contributed by atoms with van der Waals surface area (Å²) in [7, 11) is 0. The minimum atomic E-state index is 0.0270. The smallest absolute Gasteiger partial charge is 0.127 e. The van der Waals surface area contributed by atoms with Crippen molar-refractivity contribution in [3.05, 3.63) is 11.5 Å². The van der Waals surface area contributed by atoms with Crippen molar-refractivity contribution in [2.75, 3.05) is 5.73 Å². The molecule has 0 saturated heterocycles. The van der Waals surface area contributed by atoms with E-state index < -0.39 is 0 Å². The summed E-state index contributed by atoms with van der Waals surface area (Å²) in [5.74, 6) is 3.23. The van der Waals surface area contributed by atoms with Crippen molar-refractivity contribution in [2.24, 2.45) is 0 Å². The number of nitrogen functional groups attached to an aromatic ring is 1. The summed E-state index contributed by atoms with van der Waals surface area (Å²) in [6.07, 6.45) is 4.89. The molecule has 18 heavy (non-hydrogen) atoms. The molecule has 0 radical (unpaired) electrons. The molecular weight excluding hydrogens is 222 g/mol. The molecule has 3 heteroatoms. The molecule has 1 heterocycles. The summed E-state index contributed by atoms with van der Waals surface area (Å²) in [6, 6.07) is 0. The van der Waals surface area contributed by atoms with E-state index in [1.54, 1.807) is 0 Å². The molecule has 1 atom stereocenters. The zero-order valence-electron chi connectivity index (χ0n) is 12.5. The lowest BCUT2D eigenvalue weighted by Gasteiger charge is -2.25. The van der Waals surface area contributed by atoms with Crippen LogP contribution in [0.15, 0.2) is 0 Å². The van der Waals surface area contributed by atoms with Crippen LogP contribution in [-0.4, -0.2) is 9.55 Å². The first-order valence-electron chi connectivity index (χ1n) is 7.24. The number of rotatable bonds is 4. The zero-order chi connectivity index (χ0) is 13.5. The Kier molecular flexibility index (Phi) is 3.43. The van der Waals surface area contributed by atoms with Crippen LogP contribution in [0, 0.1) is 0 Å². The molecule has 0 amide bonds. The van der Waals surface area contributed by atoms with Crippen molar-refractivity contribution in [3.8, 4) is 0 Å². The summed E-state index contributed by atoms with van der Waals surface area (Å²) in [6.45, 7) is 11.1. The van der Waals surface area contributed by atoms with E-state index >= 15 is 0 Å². The molecule has 3 nitrogen and oxygen atoms in total. The molecule has 0 spiro atoms. The average molecular weight is 249 g/mol. The maximum Gasteiger partial charge on any atom is 0.127 e. The van der Waals surface area contributed by atoms with Gasteiger partial charge in [0.05, 0.1) is 5.69 Å². The van der Waals surface area contributed by atoms with Gasteiger partial charge in [-0.25, -0.2) is 4.98 Å². The molecule has 1 aromatic rings. The second-order valence-corrected chi connectivity index (χ2v) is 6.71. The van der Waals surface area contributed by atoms with Crippen LogP contribution in [0.2, 0.25) is 0 Å². The maximum absolute atomic E-state index is 6.39. The largest absolute Gasteiger partial charge is 0.384 e. The van der Waals surface area contributed by atoms with Crippen molar-refractivity contribution in [2.45, 2.75) is 77.7 Å². The number of aromatic nitrogens is 2. The predicted molar refractivity (Wildman–Crippen MR) is 76.9 cm³/mol. The van der Waals surface area contributed by atoms with Crippen molar-refractivity contribution in [1.82, 2.24) is 9.55 Å². The van der Waals surface area contributed by atoms with Crippen LogP contribution in [0.4, 0.5) is 5.82 Å². The van der Waals surface area contributed by atoms with E-state index in [1.807, 2.05) is 0 Å². The van der Waals surface area contributed by atoms with Gasteiger partial charge in [-0.1, -0.05) is 20.3 Å². The lowest BCUT2D eigenvalue weighted by molar-refractivity contribution is 0.388. The molecule has 1 saturated carbocycles. The minimum Gasteiger partial charge on any atom is -0.384 e. The highest BCUT2D eigenvalue weighted by Gasteiger charge is 2.34. The van der Waals surface area contributed by atoms with Crippen LogP contribution >= 0.6 is 0 Å². The molecule has 1 unspecified atom stereocenters. The van der Waals surface area contributed by atoms with Crippen LogP contribution < -0.4 is 5.73 Å². The van der Waals surface area contributed by atoms with Crippen molar-refractivity contribution in [1.29, 1.82) is 0 Å². The SMILES string of the molecule is CCCC(C)c1nc(C2CC2)n(C(C)(C)C)c1N. The Morgan fingerprint density at radius 3 is 2.44 bits per heavy atom. The van der Waals surface area contributed by atoms with Crippen LogP contribution in [0.25, 0.3) is 0 Å². The van der Waals surface area contributed by atoms with E-state index in [2.05, 4.69) is 39.2 Å². The predicted octanol–water partition coefficient (Wildman–Crippen LogP) is 4.00. The van der Waals surface area contributed by atoms with Crippen LogP contribution in [-0.2, 0) is 5.54 Å². The van der Waals surface area contributed by atoms with Gasteiger partial charge in [-0.15, -0.1) is 0 Å². The minimum absolute atomic E-state index is 0.0270. The second kappa shape index (κ2) is 4.60. The van der Waals surface area contributed by atoms with Crippen LogP contribution in [0.3, 0.4) is 0 Å². The van der Waals surface area contributed by atoms with Gasteiger partial charge in [-0.2, -0.15) is 0 Å². The number of nitrogens with zero attached hydrogens (tertiary/aromatic N) is 2. The van der Waals surface area contributed by atoms with Crippen LogP contribution in [0.1, 0.15) is 83.7 Å². The van der Waals surface area contributed by atoms with Gasteiger partial charge in [0, 0.05) is 17.4 Å². The van der Waals surface area contributed by atoms with Crippen molar-refractivity contribution >= 4 is 5.82 Å². The molecule has 1 aromatic heterocycles. The number of hydrogen-bond acceptors (Lipinski definition) is 2. The Morgan fingerprint density at radius 2 is 2.00 bits per heavy atom. The van der Waals surface area contributed by atoms with Gasteiger partial charge in [-0.05, 0) is 40.0 Å². The fourth-order valence-corrected chi connectivity index (χ4v) is 2.72. The summed E-state index contributed by atoms with van der Waals surface area (Å²) < 4.78 is 2.27. The van der Waals surface area contributed by atoms with E-state index in [1.165, 1.54) is 25.1 Å². The molecule has 1 aliphatic carbocycles. The molecule has 0 aromatic carbocycles. The molecule has 0 bridgehead atoms. The molecule has 1 aliphatic rings. The van der Waals surface area contributed by atoms with Gasteiger partial charge in [0.1, 0.15) is 11.6 Å². The van der Waals surface area contributed by atoms with Crippen molar-refractivity contribution in [3.63, 3.8) is 0 Å². The molecule has 1 fully saturated rings. The third-order valence-corrected chi connectivity index (χ3v) is 3.77. The molecule has 102 valence electrons. The Bertz CT molecular complexity index is 422. The van der Waals surface area contributed by atoms with E-state index in [0.29, 0.717) is 11.8 Å². The molecule has 2 N–H and O–H groups in total. The Labute approximate surface area is 111 Å². The Morgan fingerprint density at radius 1 is 1.39 bits per heavy atom. The number of anilines is 1. The third kappa shape index (κ3) is 2.40. The van der Waals surface area contributed by atoms with Crippen LogP contribution in [0.5, 0.6) is 0 Å². The van der Waals surface area contributed by atoms with Gasteiger partial charge >= 0.3 is 0 Å². The molecular formula is C15H27N3. The Balaban J connectivity index is 2.44. The van der Waals surface area contributed by atoms with Gasteiger partial charge in [0.2, 0.25) is 0 Å². The zero-order valence-corrected chi connectivity index (χ0v) is 12.5. The van der Waals surface area contributed by atoms with Gasteiger partial charge in [0.15, 0.2) is 0 Å². The summed E-state index contributed by atoms with van der Waals surface area (Å²) >= 11 is 0. The number of nitrogens with two attached hydrogens (primary N) is 1. The first-order valence-corrected chi connectivity index (χ1v) is 7.24. The maximum atomic E-state index is 6.39. The fourth-order valence-electron chi connectivity index (χ4n) is 2.72. The highest BCUT2D eigenvalue weighted by molar-refractivity contribution is 5.43. The number of imidazole rings is 1. The topological polar surface area (TPSA) is 43.8 Å². The monoisotopic (exact) mass is 249 g/mol. The normalized spacial score (nSPS) is 18.1. The summed E-state index contributed by atoms with van der Waals surface area (Å²) in [4.78, 5) is 4.89. The fraction of sp³-hybridized carbons (Fsp3) is 0.800. The van der Waals surface area contributed by atoms with E-state index in [4.69, 9.17) is 10.7 Å². The third-order valence-electron chi connectivity index (χ3n) is 3.77. The van der Waals surface area contributed by atoms with Gasteiger partial charge in [-0.3, -0.25) is 0 Å². The lowest BCUT2D eigenvalue weighted by Crippen LogP contribution is -2.25. The van der Waals surface area contributed by atoms with E-state index in [9.17, 15) is 0 Å². The van der Waals surface area contributed by atoms with Gasteiger partial charge < -0.3 is 10.3 Å². The first kappa shape index (κ1) is 13.4. The van der Waals surface area contributed by atoms with Gasteiger partial charge in [0.25, 0.3) is 0 Å². The lowest BCUT2D eigenvalue weighted by atomic mass is 10.0. The first-order chi connectivity index (χ1) is 8.36. The van der Waals surface area contributed by atoms with E-state index in [-0.39, 0.29) is 5.54 Å². The molecule has 0 aliphatic heterocycles. The second-order valence-electron chi connectivity index (χ2n) is 6.71. The summed E-state index contributed by atoms with van der Waals surface area (Å²) in [5, 5.41) is 0. The standard InChI is InChI=1S/C15H27N3/c1-6-7-10(2)12-13(16)18(15(3,4)5)14(17-12)11-8-9-11/h10-11H,6-9,16H2,1-5H3. The quantitative estimate of drug-likeness (QED) is 0.876. The highest BCUT2D eigenvalue weighted by atomic mass is 15.2.